The second-order valence-electron chi connectivity index (χ2n) is 5.42. The minimum atomic E-state index is -0.270. The molecule has 0 unspecified atom stereocenters. The molecule has 0 spiro atoms. The summed E-state index contributed by atoms with van der Waals surface area (Å²) in [7, 11) is 0. The average Bonchev–Trinajstić information content (AvgIpc) is 2.95. The monoisotopic (exact) mass is 382 g/mol. The van der Waals surface area contributed by atoms with Crippen LogP contribution in [0.25, 0.3) is 16.5 Å². The molecule has 0 radical (unpaired) electrons. The molecule has 9 heteroatoms. The molecule has 0 aliphatic heterocycles. The molecule has 7 nitrogen and oxygen atoms in total. The van der Waals surface area contributed by atoms with Crippen molar-refractivity contribution in [3.63, 3.8) is 0 Å². The van der Waals surface area contributed by atoms with Crippen LogP contribution in [0.5, 0.6) is 0 Å². The Labute approximate surface area is 157 Å². The third-order valence-corrected chi connectivity index (χ3v) is 3.73. The van der Waals surface area contributed by atoms with Gasteiger partial charge in [0.2, 0.25) is 0 Å². The average molecular weight is 383 g/mol. The Morgan fingerprint density at radius 1 is 1.32 bits per heavy atom. The summed E-state index contributed by atoms with van der Waals surface area (Å²) in [4.78, 5) is 16.4. The number of carbonyl (C=O) groups excluding carboxylic acids is 1. The quantitative estimate of drug-likeness (QED) is 0.719. The van der Waals surface area contributed by atoms with E-state index >= 15 is 0 Å². The van der Waals surface area contributed by atoms with Crippen LogP contribution >= 0.6 is 24.8 Å². The number of fused-ring (bicyclic) bond motifs is 1. The van der Waals surface area contributed by atoms with E-state index in [0.717, 1.165) is 16.5 Å². The van der Waals surface area contributed by atoms with Gasteiger partial charge in [-0.25, -0.2) is 4.68 Å². The van der Waals surface area contributed by atoms with E-state index < -0.39 is 0 Å². The maximum atomic E-state index is 12.3. The number of pyridine rings is 1. The van der Waals surface area contributed by atoms with Crippen LogP contribution in [0.4, 0.5) is 0 Å². The van der Waals surface area contributed by atoms with Crippen molar-refractivity contribution in [2.45, 2.75) is 19.9 Å². The molecule has 2 heterocycles. The van der Waals surface area contributed by atoms with Crippen LogP contribution in [0.15, 0.2) is 36.7 Å². The number of hydrogen-bond donors (Lipinski definition) is 2. The topological polar surface area (TPSA) is 98.7 Å². The van der Waals surface area contributed by atoms with Gasteiger partial charge in [0.05, 0.1) is 11.4 Å². The molecular weight excluding hydrogens is 363 g/mol. The summed E-state index contributed by atoms with van der Waals surface area (Å²) < 4.78 is 1.67. The van der Waals surface area contributed by atoms with E-state index in [1.165, 1.54) is 0 Å². The first-order valence-corrected chi connectivity index (χ1v) is 7.38. The fourth-order valence-corrected chi connectivity index (χ4v) is 2.41. The van der Waals surface area contributed by atoms with E-state index in [1.54, 1.807) is 17.1 Å². The molecule has 25 heavy (non-hydrogen) atoms. The Bertz CT molecular complexity index is 861. The van der Waals surface area contributed by atoms with Crippen molar-refractivity contribution in [2.75, 3.05) is 6.54 Å². The van der Waals surface area contributed by atoms with Crippen LogP contribution in [0.1, 0.15) is 23.1 Å². The Morgan fingerprint density at radius 2 is 2.08 bits per heavy atom. The maximum Gasteiger partial charge on any atom is 0.274 e. The molecule has 0 saturated heterocycles. The molecule has 1 atom stereocenters. The minimum absolute atomic E-state index is 0. The fourth-order valence-electron chi connectivity index (χ4n) is 2.41. The minimum Gasteiger partial charge on any atom is -0.347 e. The third-order valence-electron chi connectivity index (χ3n) is 3.73. The fraction of sp³-hybridized carbons (Fsp3) is 0.250. The van der Waals surface area contributed by atoms with E-state index in [4.69, 9.17) is 5.73 Å². The molecule has 1 amide bonds. The smallest absolute Gasteiger partial charge is 0.274 e. The standard InChI is InChI=1S/C16H18N6O.2ClH/c1-10(8-17)19-16(23)15-11(2)22(21-20-15)14-5-3-4-12-9-18-7-6-13(12)14;;/h3-7,9-10H,8,17H2,1-2H3,(H,19,23);2*1H/t10-;;/m0../s1. The second kappa shape index (κ2) is 8.75. The van der Waals surface area contributed by atoms with E-state index in [2.05, 4.69) is 20.6 Å². The summed E-state index contributed by atoms with van der Waals surface area (Å²) in [6.45, 7) is 4.03. The lowest BCUT2D eigenvalue weighted by Gasteiger charge is -2.10. The Balaban J connectivity index is 0.00000156. The van der Waals surface area contributed by atoms with Gasteiger partial charge in [0.1, 0.15) is 0 Å². The van der Waals surface area contributed by atoms with Crippen LogP contribution in [-0.4, -0.2) is 38.5 Å². The van der Waals surface area contributed by atoms with E-state index in [1.807, 2.05) is 38.1 Å². The van der Waals surface area contributed by atoms with Gasteiger partial charge >= 0.3 is 0 Å². The zero-order valence-electron chi connectivity index (χ0n) is 13.8. The molecule has 0 bridgehead atoms. The number of rotatable bonds is 4. The normalized spacial score (nSPS) is 11.3. The SMILES string of the molecule is Cc1c(C(=O)N[C@@H](C)CN)nnn1-c1cccc2cnccc12.Cl.Cl. The van der Waals surface area contributed by atoms with E-state index in [9.17, 15) is 4.79 Å². The lowest BCUT2D eigenvalue weighted by atomic mass is 10.1. The Kier molecular flexibility index (Phi) is 7.29. The molecule has 0 saturated carbocycles. The highest BCUT2D eigenvalue weighted by molar-refractivity contribution is 5.94. The maximum absolute atomic E-state index is 12.3. The van der Waals surface area contributed by atoms with Crippen LogP contribution < -0.4 is 11.1 Å². The predicted octanol–water partition coefficient (Wildman–Crippen LogP) is 2.04. The summed E-state index contributed by atoms with van der Waals surface area (Å²) >= 11 is 0. The molecule has 0 fully saturated rings. The largest absolute Gasteiger partial charge is 0.347 e. The van der Waals surface area contributed by atoms with Crippen molar-refractivity contribution in [1.82, 2.24) is 25.3 Å². The Hall–Kier alpha value is -2.22. The molecule has 0 aliphatic carbocycles. The van der Waals surface area contributed by atoms with Gasteiger partial charge < -0.3 is 11.1 Å². The van der Waals surface area contributed by atoms with Gasteiger partial charge in [-0.1, -0.05) is 17.3 Å². The number of halogens is 2. The number of nitrogens with one attached hydrogen (secondary N) is 1. The molecule has 2 aromatic heterocycles. The lowest BCUT2D eigenvalue weighted by molar-refractivity contribution is 0.0935. The van der Waals surface area contributed by atoms with E-state index in [0.29, 0.717) is 17.9 Å². The predicted molar refractivity (Wildman–Crippen MR) is 102 cm³/mol. The second-order valence-corrected chi connectivity index (χ2v) is 5.42. The lowest BCUT2D eigenvalue weighted by Crippen LogP contribution is -2.38. The van der Waals surface area contributed by atoms with Gasteiger partial charge in [0, 0.05) is 35.8 Å². The molecule has 3 rings (SSSR count). The first-order valence-electron chi connectivity index (χ1n) is 7.38. The number of nitrogens with zero attached hydrogens (tertiary/aromatic N) is 4. The van der Waals surface area contributed by atoms with Gasteiger partial charge in [-0.05, 0) is 26.0 Å². The molecular formula is C16H20Cl2N6O. The van der Waals surface area contributed by atoms with Crippen molar-refractivity contribution in [2.24, 2.45) is 5.73 Å². The zero-order valence-corrected chi connectivity index (χ0v) is 15.5. The number of aromatic nitrogens is 4. The highest BCUT2D eigenvalue weighted by Gasteiger charge is 2.19. The van der Waals surface area contributed by atoms with Gasteiger partial charge in [-0.15, -0.1) is 29.9 Å². The van der Waals surface area contributed by atoms with Gasteiger partial charge in [0.15, 0.2) is 5.69 Å². The summed E-state index contributed by atoms with van der Waals surface area (Å²) in [5.74, 6) is -0.270. The number of carbonyl (C=O) groups is 1. The van der Waals surface area contributed by atoms with Crippen LogP contribution in [0.3, 0.4) is 0 Å². The van der Waals surface area contributed by atoms with Crippen molar-refractivity contribution in [1.29, 1.82) is 0 Å². The molecule has 1 aromatic carbocycles. The van der Waals surface area contributed by atoms with Crippen molar-refractivity contribution in [3.05, 3.63) is 48.0 Å². The summed E-state index contributed by atoms with van der Waals surface area (Å²) in [5.41, 5.74) is 7.37. The Morgan fingerprint density at radius 3 is 2.80 bits per heavy atom. The summed E-state index contributed by atoms with van der Waals surface area (Å²) in [6, 6.07) is 7.65. The molecule has 3 N–H and O–H groups in total. The van der Waals surface area contributed by atoms with Crippen LogP contribution in [0, 0.1) is 6.92 Å². The highest BCUT2D eigenvalue weighted by atomic mass is 35.5. The molecule has 134 valence electrons. The summed E-state index contributed by atoms with van der Waals surface area (Å²) in [6.07, 6.45) is 3.52. The van der Waals surface area contributed by atoms with Crippen LogP contribution in [-0.2, 0) is 0 Å². The van der Waals surface area contributed by atoms with Gasteiger partial charge in [-0.3, -0.25) is 9.78 Å². The number of benzene rings is 1. The third kappa shape index (κ3) is 4.07. The highest BCUT2D eigenvalue weighted by Crippen LogP contribution is 2.22. The molecule has 3 aromatic rings. The summed E-state index contributed by atoms with van der Waals surface area (Å²) in [5, 5.41) is 13.0. The number of nitrogens with two attached hydrogens (primary N) is 1. The van der Waals surface area contributed by atoms with Crippen LogP contribution in [0.2, 0.25) is 0 Å². The zero-order chi connectivity index (χ0) is 16.4. The molecule has 0 aliphatic rings. The number of amides is 1. The van der Waals surface area contributed by atoms with Crippen molar-refractivity contribution >= 4 is 41.5 Å². The first kappa shape index (κ1) is 20.8. The van der Waals surface area contributed by atoms with Crippen molar-refractivity contribution < 1.29 is 4.79 Å². The van der Waals surface area contributed by atoms with Gasteiger partial charge in [0.25, 0.3) is 5.91 Å². The number of hydrogen-bond acceptors (Lipinski definition) is 5. The van der Waals surface area contributed by atoms with Crippen molar-refractivity contribution in [3.8, 4) is 5.69 Å². The van der Waals surface area contributed by atoms with Gasteiger partial charge in [-0.2, -0.15) is 0 Å². The van der Waals surface area contributed by atoms with E-state index in [-0.39, 0.29) is 36.8 Å². The first-order chi connectivity index (χ1) is 11.1.